The summed E-state index contributed by atoms with van der Waals surface area (Å²) in [7, 11) is 0. The van der Waals surface area contributed by atoms with Crippen molar-refractivity contribution < 1.29 is 13.2 Å². The highest BCUT2D eigenvalue weighted by atomic mass is 19.2. The first-order valence-corrected chi connectivity index (χ1v) is 14.0. The molecule has 4 rings (SSSR count). The summed E-state index contributed by atoms with van der Waals surface area (Å²) in [6.45, 7) is 4.05. The molecule has 0 bridgehead atoms. The highest BCUT2D eigenvalue weighted by molar-refractivity contribution is 5.68. The molecule has 0 aromatic heterocycles. The van der Waals surface area contributed by atoms with Gasteiger partial charge >= 0.3 is 0 Å². The van der Waals surface area contributed by atoms with E-state index in [-0.39, 0.29) is 11.1 Å². The van der Waals surface area contributed by atoms with Crippen LogP contribution >= 0.6 is 0 Å². The van der Waals surface area contributed by atoms with Crippen LogP contribution in [0.15, 0.2) is 35.9 Å². The second-order valence-electron chi connectivity index (χ2n) is 10.8. The summed E-state index contributed by atoms with van der Waals surface area (Å²) in [5, 5.41) is 0. The van der Waals surface area contributed by atoms with Crippen LogP contribution in [-0.2, 0) is 19.3 Å². The van der Waals surface area contributed by atoms with E-state index >= 15 is 4.39 Å². The number of halogens is 3. The lowest BCUT2D eigenvalue weighted by Gasteiger charge is -2.29. The van der Waals surface area contributed by atoms with E-state index in [0.717, 1.165) is 30.2 Å². The van der Waals surface area contributed by atoms with Gasteiger partial charge in [0.2, 0.25) is 0 Å². The van der Waals surface area contributed by atoms with Gasteiger partial charge in [-0.05, 0) is 60.6 Å². The summed E-state index contributed by atoms with van der Waals surface area (Å²) in [4.78, 5) is 0. The summed E-state index contributed by atoms with van der Waals surface area (Å²) in [6.07, 6.45) is 18.6. The Morgan fingerprint density at radius 2 is 1.43 bits per heavy atom. The molecule has 1 saturated carbocycles. The molecule has 0 atom stereocenters. The van der Waals surface area contributed by atoms with Crippen molar-refractivity contribution in [1.82, 2.24) is 0 Å². The highest BCUT2D eigenvalue weighted by Crippen LogP contribution is 2.37. The first-order chi connectivity index (χ1) is 17.0. The van der Waals surface area contributed by atoms with Crippen molar-refractivity contribution in [3.05, 3.63) is 70.1 Å². The molecule has 1 fully saturated rings. The monoisotopic (exact) mass is 482 g/mol. The van der Waals surface area contributed by atoms with E-state index in [2.05, 4.69) is 13.0 Å². The van der Waals surface area contributed by atoms with Crippen LogP contribution in [0.4, 0.5) is 13.2 Å². The summed E-state index contributed by atoms with van der Waals surface area (Å²) in [6, 6.07) is 6.61. The lowest BCUT2D eigenvalue weighted by Crippen LogP contribution is -2.15. The van der Waals surface area contributed by atoms with Crippen molar-refractivity contribution in [1.29, 1.82) is 0 Å². The van der Waals surface area contributed by atoms with Gasteiger partial charge in [0.15, 0.2) is 11.6 Å². The number of benzene rings is 2. The van der Waals surface area contributed by atoms with Gasteiger partial charge in [0.1, 0.15) is 5.82 Å². The van der Waals surface area contributed by atoms with E-state index in [1.54, 1.807) is 19.1 Å². The second kappa shape index (κ2) is 12.3. The Bertz CT molecular complexity index is 1030. The number of unbranched alkanes of at least 4 members (excludes halogenated alkanes) is 3. The van der Waals surface area contributed by atoms with Gasteiger partial charge in [-0.15, -0.1) is 0 Å². The molecule has 0 amide bonds. The summed E-state index contributed by atoms with van der Waals surface area (Å²) in [5.41, 5.74) is 3.51. The molecular weight excluding hydrogens is 441 g/mol. The second-order valence-corrected chi connectivity index (χ2v) is 10.8. The Morgan fingerprint density at radius 3 is 2.14 bits per heavy atom. The van der Waals surface area contributed by atoms with Crippen molar-refractivity contribution in [2.24, 2.45) is 11.8 Å². The van der Waals surface area contributed by atoms with Crippen molar-refractivity contribution in [2.75, 3.05) is 0 Å². The fraction of sp³-hybridized carbons (Fsp3) is 0.562. The number of hydrogen-bond acceptors (Lipinski definition) is 0. The lowest BCUT2D eigenvalue weighted by molar-refractivity contribution is 0.248. The van der Waals surface area contributed by atoms with E-state index in [1.165, 1.54) is 75.8 Å². The molecule has 0 radical (unpaired) electrons. The maximum Gasteiger partial charge on any atom is 0.167 e. The number of hydrogen-bond donors (Lipinski definition) is 0. The highest BCUT2D eigenvalue weighted by Gasteiger charge is 2.24. The Labute approximate surface area is 210 Å². The number of aryl methyl sites for hydroxylation is 1. The third-order valence-corrected chi connectivity index (χ3v) is 8.49. The number of rotatable bonds is 10. The van der Waals surface area contributed by atoms with Gasteiger partial charge in [-0.25, -0.2) is 13.2 Å². The van der Waals surface area contributed by atoms with E-state index in [4.69, 9.17) is 0 Å². The van der Waals surface area contributed by atoms with E-state index in [0.29, 0.717) is 24.0 Å². The van der Waals surface area contributed by atoms with Crippen LogP contribution in [0.5, 0.6) is 0 Å². The van der Waals surface area contributed by atoms with Crippen LogP contribution in [0.2, 0.25) is 0 Å². The molecule has 0 aliphatic heterocycles. The number of allylic oxidation sites excluding steroid dienone is 2. The van der Waals surface area contributed by atoms with Crippen molar-refractivity contribution >= 4 is 0 Å². The maximum atomic E-state index is 15.4. The Hall–Kier alpha value is -2.03. The minimum absolute atomic E-state index is 0.00995. The van der Waals surface area contributed by atoms with Crippen LogP contribution in [0, 0.1) is 29.3 Å². The molecular formula is C32H41F3. The van der Waals surface area contributed by atoms with Crippen LogP contribution in [0.25, 0.3) is 11.1 Å². The first kappa shape index (κ1) is 26.0. The Morgan fingerprint density at radius 1 is 0.743 bits per heavy atom. The molecule has 0 unspecified atom stereocenters. The molecule has 35 heavy (non-hydrogen) atoms. The third kappa shape index (κ3) is 6.22. The van der Waals surface area contributed by atoms with Crippen molar-refractivity contribution in [2.45, 2.75) is 104 Å². The molecule has 0 N–H and O–H groups in total. The van der Waals surface area contributed by atoms with Gasteiger partial charge in [-0.3, -0.25) is 0 Å². The van der Waals surface area contributed by atoms with Gasteiger partial charge in [0, 0.05) is 11.1 Å². The summed E-state index contributed by atoms with van der Waals surface area (Å²) < 4.78 is 44.3. The zero-order valence-corrected chi connectivity index (χ0v) is 21.6. The fourth-order valence-corrected chi connectivity index (χ4v) is 6.14. The molecule has 0 saturated heterocycles. The average molecular weight is 483 g/mol. The van der Waals surface area contributed by atoms with Crippen LogP contribution in [-0.4, -0.2) is 0 Å². The lowest BCUT2D eigenvalue weighted by atomic mass is 9.77. The van der Waals surface area contributed by atoms with E-state index in [1.807, 2.05) is 6.07 Å². The summed E-state index contributed by atoms with van der Waals surface area (Å²) in [5.74, 6) is -0.455. The molecule has 0 heterocycles. The van der Waals surface area contributed by atoms with Crippen LogP contribution in [0.1, 0.15) is 101 Å². The standard InChI is InChI=1S/C32H41F3/c1-3-5-6-7-8-22-9-11-23(12-10-22)13-14-24-15-18-27-26(21-24)17-20-28(31(27)34)29-19-16-25(4-2)30(33)32(29)35/h15-17,19-20,22-23H,3-14,18,21H2,1-2H3. The normalized spacial score (nSPS) is 20.0. The van der Waals surface area contributed by atoms with E-state index in [9.17, 15) is 8.78 Å². The number of fused-ring (bicyclic) bond motifs is 1. The molecule has 2 aromatic rings. The predicted molar refractivity (Wildman–Crippen MR) is 140 cm³/mol. The zero-order valence-electron chi connectivity index (χ0n) is 21.6. The molecule has 2 aliphatic carbocycles. The summed E-state index contributed by atoms with van der Waals surface area (Å²) >= 11 is 0. The topological polar surface area (TPSA) is 0 Å². The molecule has 2 aliphatic rings. The van der Waals surface area contributed by atoms with E-state index < -0.39 is 17.5 Å². The smallest absolute Gasteiger partial charge is 0.167 e. The van der Waals surface area contributed by atoms with Gasteiger partial charge in [0.25, 0.3) is 0 Å². The van der Waals surface area contributed by atoms with Crippen LogP contribution < -0.4 is 0 Å². The Kier molecular flexibility index (Phi) is 9.14. The minimum Gasteiger partial charge on any atom is -0.206 e. The van der Waals surface area contributed by atoms with Gasteiger partial charge < -0.3 is 0 Å². The van der Waals surface area contributed by atoms with Crippen molar-refractivity contribution in [3.8, 4) is 11.1 Å². The molecule has 190 valence electrons. The zero-order chi connectivity index (χ0) is 24.8. The predicted octanol–water partition coefficient (Wildman–Crippen LogP) is 9.92. The van der Waals surface area contributed by atoms with Gasteiger partial charge in [0.05, 0.1) is 0 Å². The minimum atomic E-state index is -0.953. The quantitative estimate of drug-likeness (QED) is 0.233. The van der Waals surface area contributed by atoms with Crippen molar-refractivity contribution in [3.63, 3.8) is 0 Å². The molecule has 0 nitrogen and oxygen atoms in total. The third-order valence-electron chi connectivity index (χ3n) is 8.49. The molecule has 0 spiro atoms. The van der Waals surface area contributed by atoms with Crippen LogP contribution in [0.3, 0.4) is 0 Å². The SMILES string of the molecule is CCCCCCC1CCC(CCC2=CCc3c(ccc(-c4ccc(CC)c(F)c4F)c3F)C2)CC1. The Balaban J connectivity index is 1.32. The van der Waals surface area contributed by atoms with Gasteiger partial charge in [-0.1, -0.05) is 108 Å². The first-order valence-electron chi connectivity index (χ1n) is 14.0. The molecule has 2 aromatic carbocycles. The average Bonchev–Trinajstić information content (AvgIpc) is 2.88. The molecule has 3 heteroatoms. The fourth-order valence-electron chi connectivity index (χ4n) is 6.14. The largest absolute Gasteiger partial charge is 0.206 e. The maximum absolute atomic E-state index is 15.4. The van der Waals surface area contributed by atoms with Gasteiger partial charge in [-0.2, -0.15) is 0 Å².